The van der Waals surface area contributed by atoms with Gasteiger partial charge >= 0.3 is 0 Å². The van der Waals surface area contributed by atoms with Gasteiger partial charge < -0.3 is 5.32 Å². The molecular weight excluding hydrogens is 146 g/mol. The molecule has 1 heterocycles. The summed E-state index contributed by atoms with van der Waals surface area (Å²) in [5.41, 5.74) is 4.57. The van der Waals surface area contributed by atoms with Gasteiger partial charge in [-0.2, -0.15) is 5.10 Å². The highest BCUT2D eigenvalue weighted by Crippen LogP contribution is 1.96. The van der Waals surface area contributed by atoms with Gasteiger partial charge in [0.1, 0.15) is 0 Å². The molecule has 0 aromatic rings. The summed E-state index contributed by atoms with van der Waals surface area (Å²) in [7, 11) is 0. The predicted octanol–water partition coefficient (Wildman–Crippen LogP) is 0.744. The van der Waals surface area contributed by atoms with E-state index in [-0.39, 0.29) is 0 Å². The van der Waals surface area contributed by atoms with Crippen molar-refractivity contribution in [2.75, 3.05) is 0 Å². The van der Waals surface area contributed by atoms with E-state index in [9.17, 15) is 0 Å². The van der Waals surface area contributed by atoms with Crippen molar-refractivity contribution in [3.63, 3.8) is 0 Å². The van der Waals surface area contributed by atoms with Crippen molar-refractivity contribution in [2.24, 2.45) is 5.10 Å². The molecule has 4 heteroatoms. The van der Waals surface area contributed by atoms with Gasteiger partial charge in [0.15, 0.2) is 5.11 Å². The molecule has 0 saturated heterocycles. The smallest absolute Gasteiger partial charge is 0.191 e. The summed E-state index contributed by atoms with van der Waals surface area (Å²) in [5, 5.41) is 7.48. The predicted molar refractivity (Wildman–Crippen MR) is 45.7 cm³/mol. The van der Waals surface area contributed by atoms with Crippen LogP contribution in [-0.4, -0.2) is 10.8 Å². The standard InChI is InChI=1S/C6H9N3S/c1-3-5-4(2)8-9-6(10)7-5/h3H,1-2H3,(H2,7,9,10)/b5-3-. The maximum atomic E-state index is 4.83. The van der Waals surface area contributed by atoms with Gasteiger partial charge in [0.2, 0.25) is 0 Å². The number of hydrogen-bond donors (Lipinski definition) is 2. The van der Waals surface area contributed by atoms with Crippen LogP contribution in [0.15, 0.2) is 16.9 Å². The average molecular weight is 155 g/mol. The molecule has 0 saturated carbocycles. The van der Waals surface area contributed by atoms with Crippen molar-refractivity contribution >= 4 is 23.0 Å². The van der Waals surface area contributed by atoms with Crippen LogP contribution in [0.5, 0.6) is 0 Å². The van der Waals surface area contributed by atoms with Crippen LogP contribution in [0.2, 0.25) is 0 Å². The zero-order valence-electron chi connectivity index (χ0n) is 5.93. The summed E-state index contributed by atoms with van der Waals surface area (Å²) in [6.07, 6.45) is 1.94. The quantitative estimate of drug-likeness (QED) is 0.507. The fraction of sp³-hybridized carbons (Fsp3) is 0.333. The number of nitrogens with one attached hydrogen (secondary N) is 2. The van der Waals surface area contributed by atoms with Crippen LogP contribution in [0.3, 0.4) is 0 Å². The van der Waals surface area contributed by atoms with Crippen LogP contribution in [0.1, 0.15) is 13.8 Å². The average Bonchev–Trinajstić information content (AvgIpc) is 1.94. The second-order valence-corrected chi connectivity index (χ2v) is 2.37. The van der Waals surface area contributed by atoms with Crippen molar-refractivity contribution < 1.29 is 0 Å². The SMILES string of the molecule is C/C=C1\NC(=S)NN=C1C. The molecule has 54 valence electrons. The Hall–Kier alpha value is -0.900. The van der Waals surface area contributed by atoms with Crippen LogP contribution in [-0.2, 0) is 0 Å². The molecule has 0 radical (unpaired) electrons. The summed E-state index contributed by atoms with van der Waals surface area (Å²) in [5.74, 6) is 0. The lowest BCUT2D eigenvalue weighted by molar-refractivity contribution is 0.941. The molecule has 0 bridgehead atoms. The number of hydrogen-bond acceptors (Lipinski definition) is 2. The van der Waals surface area contributed by atoms with Crippen molar-refractivity contribution in [1.82, 2.24) is 10.7 Å². The van der Waals surface area contributed by atoms with Crippen molar-refractivity contribution in [3.05, 3.63) is 11.8 Å². The van der Waals surface area contributed by atoms with Crippen LogP contribution in [0.25, 0.3) is 0 Å². The van der Waals surface area contributed by atoms with E-state index in [4.69, 9.17) is 12.2 Å². The highest BCUT2D eigenvalue weighted by Gasteiger charge is 2.07. The molecule has 0 unspecified atom stereocenters. The van der Waals surface area contributed by atoms with E-state index in [0.29, 0.717) is 5.11 Å². The number of thiocarbonyl (C=S) groups is 1. The minimum absolute atomic E-state index is 0.554. The molecule has 1 rings (SSSR count). The van der Waals surface area contributed by atoms with Crippen LogP contribution >= 0.6 is 12.2 Å². The second-order valence-electron chi connectivity index (χ2n) is 1.97. The lowest BCUT2D eigenvalue weighted by Gasteiger charge is -2.16. The summed E-state index contributed by atoms with van der Waals surface area (Å²) < 4.78 is 0. The summed E-state index contributed by atoms with van der Waals surface area (Å²) >= 11 is 4.83. The van der Waals surface area contributed by atoms with Crippen LogP contribution < -0.4 is 10.7 Å². The molecule has 10 heavy (non-hydrogen) atoms. The summed E-state index contributed by atoms with van der Waals surface area (Å²) in [4.78, 5) is 0. The molecule has 0 aliphatic carbocycles. The Morgan fingerprint density at radius 3 is 2.80 bits per heavy atom. The lowest BCUT2D eigenvalue weighted by atomic mass is 10.3. The van der Waals surface area contributed by atoms with Crippen molar-refractivity contribution in [1.29, 1.82) is 0 Å². The largest absolute Gasteiger partial charge is 0.330 e. The van der Waals surface area contributed by atoms with Gasteiger partial charge in [0.25, 0.3) is 0 Å². The van der Waals surface area contributed by atoms with E-state index in [2.05, 4.69) is 15.8 Å². The Bertz CT molecular complexity index is 217. The second kappa shape index (κ2) is 2.79. The molecule has 2 N–H and O–H groups in total. The Balaban J connectivity index is 2.85. The molecule has 0 aromatic carbocycles. The zero-order chi connectivity index (χ0) is 7.56. The van der Waals surface area contributed by atoms with E-state index >= 15 is 0 Å². The molecule has 3 nitrogen and oxygen atoms in total. The first-order valence-corrected chi connectivity index (χ1v) is 3.43. The first kappa shape index (κ1) is 7.21. The van der Waals surface area contributed by atoms with Crippen molar-refractivity contribution in [2.45, 2.75) is 13.8 Å². The minimum Gasteiger partial charge on any atom is -0.330 e. The van der Waals surface area contributed by atoms with Crippen molar-refractivity contribution in [3.8, 4) is 0 Å². The molecule has 0 fully saturated rings. The van der Waals surface area contributed by atoms with E-state index in [0.717, 1.165) is 11.4 Å². The van der Waals surface area contributed by atoms with Crippen LogP contribution in [0.4, 0.5) is 0 Å². The number of allylic oxidation sites excluding steroid dienone is 2. The topological polar surface area (TPSA) is 36.4 Å². The van der Waals surface area contributed by atoms with Gasteiger partial charge in [-0.15, -0.1) is 0 Å². The van der Waals surface area contributed by atoms with Gasteiger partial charge in [-0.05, 0) is 26.1 Å². The molecular formula is C6H9N3S. The Morgan fingerprint density at radius 1 is 1.60 bits per heavy atom. The summed E-state index contributed by atoms with van der Waals surface area (Å²) in [6, 6.07) is 0. The van der Waals surface area contributed by atoms with E-state index < -0.39 is 0 Å². The molecule has 1 aliphatic heterocycles. The van der Waals surface area contributed by atoms with Gasteiger partial charge in [-0.1, -0.05) is 6.08 Å². The lowest BCUT2D eigenvalue weighted by Crippen LogP contribution is -2.38. The Labute approximate surface area is 65.2 Å². The third kappa shape index (κ3) is 1.33. The first-order valence-electron chi connectivity index (χ1n) is 3.02. The highest BCUT2D eigenvalue weighted by atomic mass is 32.1. The number of rotatable bonds is 0. The Kier molecular flexibility index (Phi) is 2.01. The van der Waals surface area contributed by atoms with E-state index in [1.807, 2.05) is 19.9 Å². The van der Waals surface area contributed by atoms with E-state index in [1.165, 1.54) is 0 Å². The van der Waals surface area contributed by atoms with E-state index in [1.54, 1.807) is 0 Å². The maximum absolute atomic E-state index is 4.83. The van der Waals surface area contributed by atoms with Gasteiger partial charge in [0, 0.05) is 0 Å². The molecule has 0 atom stereocenters. The van der Waals surface area contributed by atoms with Gasteiger partial charge in [-0.25, -0.2) is 0 Å². The van der Waals surface area contributed by atoms with Gasteiger partial charge in [-0.3, -0.25) is 5.43 Å². The number of nitrogens with zero attached hydrogens (tertiary/aromatic N) is 1. The van der Waals surface area contributed by atoms with Gasteiger partial charge in [0.05, 0.1) is 11.4 Å². The maximum Gasteiger partial charge on any atom is 0.191 e. The fourth-order valence-electron chi connectivity index (χ4n) is 0.717. The normalized spacial score (nSPS) is 21.6. The Morgan fingerprint density at radius 2 is 2.30 bits per heavy atom. The fourth-order valence-corrected chi connectivity index (χ4v) is 0.872. The third-order valence-corrected chi connectivity index (χ3v) is 1.45. The monoisotopic (exact) mass is 155 g/mol. The molecule has 0 amide bonds. The minimum atomic E-state index is 0.554. The highest BCUT2D eigenvalue weighted by molar-refractivity contribution is 7.80. The first-order chi connectivity index (χ1) is 4.74. The molecule has 0 spiro atoms. The molecule has 1 aliphatic rings. The zero-order valence-corrected chi connectivity index (χ0v) is 6.75. The van der Waals surface area contributed by atoms with Crippen LogP contribution in [0, 0.1) is 0 Å². The molecule has 0 aromatic heterocycles. The summed E-state index contributed by atoms with van der Waals surface area (Å²) in [6.45, 7) is 3.85. The third-order valence-electron chi connectivity index (χ3n) is 1.25. The number of hydrazone groups is 1.